The van der Waals surface area contributed by atoms with Crippen molar-refractivity contribution in [2.75, 3.05) is 5.32 Å². The van der Waals surface area contributed by atoms with Crippen molar-refractivity contribution < 1.29 is 0 Å². The molecule has 0 aliphatic carbocycles. The van der Waals surface area contributed by atoms with Crippen LogP contribution >= 0.6 is 11.3 Å². The highest BCUT2D eigenvalue weighted by Crippen LogP contribution is 2.27. The van der Waals surface area contributed by atoms with E-state index in [2.05, 4.69) is 52.8 Å². The maximum atomic E-state index is 4.40. The molecule has 0 saturated heterocycles. The lowest BCUT2D eigenvalue weighted by molar-refractivity contribution is 0.756. The van der Waals surface area contributed by atoms with E-state index in [0.717, 1.165) is 22.0 Å². The molecule has 0 saturated carbocycles. The Morgan fingerprint density at radius 3 is 2.86 bits per heavy atom. The summed E-state index contributed by atoms with van der Waals surface area (Å²) in [6.45, 7) is 4.19. The molecule has 21 heavy (non-hydrogen) atoms. The topological polar surface area (TPSA) is 42.7 Å². The van der Waals surface area contributed by atoms with Crippen LogP contribution in [0.4, 0.5) is 5.69 Å². The second-order valence-corrected chi connectivity index (χ2v) is 6.02. The highest BCUT2D eigenvalue weighted by Gasteiger charge is 2.12. The molecule has 4 nitrogen and oxygen atoms in total. The van der Waals surface area contributed by atoms with Crippen LogP contribution in [0.1, 0.15) is 24.2 Å². The predicted molar refractivity (Wildman–Crippen MR) is 87.5 cm³/mol. The van der Waals surface area contributed by atoms with Crippen molar-refractivity contribution in [1.29, 1.82) is 0 Å². The van der Waals surface area contributed by atoms with Crippen molar-refractivity contribution in [3.8, 4) is 10.6 Å². The molecule has 0 aliphatic heterocycles. The number of benzene rings is 1. The van der Waals surface area contributed by atoms with Crippen LogP contribution in [0.5, 0.6) is 0 Å². The van der Waals surface area contributed by atoms with Crippen molar-refractivity contribution in [3.63, 3.8) is 0 Å². The normalized spacial score (nSPS) is 12.3. The van der Waals surface area contributed by atoms with Crippen LogP contribution in [0.3, 0.4) is 0 Å². The number of rotatable bonds is 4. The summed E-state index contributed by atoms with van der Waals surface area (Å²) in [5.74, 6) is 0. The van der Waals surface area contributed by atoms with E-state index in [1.54, 1.807) is 11.3 Å². The fraction of sp³-hybridized carbons (Fsp3) is 0.250. The maximum Gasteiger partial charge on any atom is 0.123 e. The lowest BCUT2D eigenvalue weighted by Crippen LogP contribution is -2.07. The number of hydrogen-bond acceptors (Lipinski definition) is 4. The van der Waals surface area contributed by atoms with Crippen LogP contribution in [-0.4, -0.2) is 14.8 Å². The number of nitrogens with one attached hydrogen (secondary N) is 1. The average molecular weight is 298 g/mol. The van der Waals surface area contributed by atoms with E-state index >= 15 is 0 Å². The summed E-state index contributed by atoms with van der Waals surface area (Å²) in [6, 6.07) is 8.58. The van der Waals surface area contributed by atoms with E-state index in [-0.39, 0.29) is 6.04 Å². The van der Waals surface area contributed by atoms with Gasteiger partial charge in [0.1, 0.15) is 5.01 Å². The van der Waals surface area contributed by atoms with Gasteiger partial charge in [0, 0.05) is 41.6 Å². The quantitative estimate of drug-likeness (QED) is 0.791. The summed E-state index contributed by atoms with van der Waals surface area (Å²) < 4.78 is 1.86. The predicted octanol–water partition coefficient (Wildman–Crippen LogP) is 4.03. The smallest absolute Gasteiger partial charge is 0.123 e. The van der Waals surface area contributed by atoms with Gasteiger partial charge >= 0.3 is 0 Å². The summed E-state index contributed by atoms with van der Waals surface area (Å²) in [5.41, 5.74) is 4.52. The Balaban J connectivity index is 1.82. The van der Waals surface area contributed by atoms with Gasteiger partial charge in [0.15, 0.2) is 0 Å². The maximum absolute atomic E-state index is 4.40. The van der Waals surface area contributed by atoms with Crippen LogP contribution in [0, 0.1) is 6.92 Å². The molecule has 3 rings (SSSR count). The fourth-order valence-corrected chi connectivity index (χ4v) is 3.11. The van der Waals surface area contributed by atoms with Gasteiger partial charge in [-0.3, -0.25) is 4.68 Å². The molecule has 108 valence electrons. The molecule has 0 radical (unpaired) electrons. The number of anilines is 1. The van der Waals surface area contributed by atoms with E-state index in [9.17, 15) is 0 Å². The second-order valence-electron chi connectivity index (χ2n) is 5.13. The van der Waals surface area contributed by atoms with Gasteiger partial charge in [-0.15, -0.1) is 11.3 Å². The Labute approximate surface area is 128 Å². The Morgan fingerprint density at radius 2 is 2.19 bits per heavy atom. The van der Waals surface area contributed by atoms with E-state index in [0.29, 0.717) is 0 Å². The van der Waals surface area contributed by atoms with Gasteiger partial charge in [0.05, 0.1) is 11.7 Å². The molecule has 2 heterocycles. The summed E-state index contributed by atoms with van der Waals surface area (Å²) in [6.07, 6.45) is 3.90. The number of thiazole rings is 1. The van der Waals surface area contributed by atoms with Crippen LogP contribution in [-0.2, 0) is 7.05 Å². The van der Waals surface area contributed by atoms with E-state index in [1.165, 1.54) is 5.56 Å². The first kappa shape index (κ1) is 13.8. The summed E-state index contributed by atoms with van der Waals surface area (Å²) >= 11 is 1.65. The first-order valence-electron chi connectivity index (χ1n) is 6.90. The molecule has 5 heteroatoms. The molecule has 1 aromatic carbocycles. The average Bonchev–Trinajstić information content (AvgIpc) is 3.08. The second kappa shape index (κ2) is 5.69. The molecule has 1 atom stereocenters. The third-order valence-electron chi connectivity index (χ3n) is 3.44. The molecule has 0 aliphatic rings. The van der Waals surface area contributed by atoms with Crippen molar-refractivity contribution in [1.82, 2.24) is 14.8 Å². The molecule has 2 aromatic heterocycles. The Hall–Kier alpha value is -2.14. The van der Waals surface area contributed by atoms with Gasteiger partial charge in [-0.05, 0) is 26.0 Å². The zero-order valence-electron chi connectivity index (χ0n) is 12.4. The van der Waals surface area contributed by atoms with Crippen LogP contribution in [0.2, 0.25) is 0 Å². The Kier molecular flexibility index (Phi) is 3.75. The van der Waals surface area contributed by atoms with Crippen LogP contribution < -0.4 is 5.32 Å². The molecule has 3 aromatic rings. The summed E-state index contributed by atoms with van der Waals surface area (Å²) in [5, 5.41) is 11.0. The van der Waals surface area contributed by atoms with Crippen molar-refractivity contribution in [2.45, 2.75) is 19.9 Å². The van der Waals surface area contributed by atoms with E-state index < -0.39 is 0 Å². The Bertz CT molecular complexity index is 731. The monoisotopic (exact) mass is 298 g/mol. The largest absolute Gasteiger partial charge is 0.378 e. The molecule has 1 N–H and O–H groups in total. The van der Waals surface area contributed by atoms with E-state index in [1.807, 2.05) is 30.2 Å². The minimum absolute atomic E-state index is 0.213. The number of aromatic nitrogens is 3. The number of nitrogens with zero attached hydrogens (tertiary/aromatic N) is 3. The summed E-state index contributed by atoms with van der Waals surface area (Å²) in [4.78, 5) is 4.36. The molecule has 1 unspecified atom stereocenters. The molecular formula is C16H18N4S. The van der Waals surface area contributed by atoms with Gasteiger partial charge in [0.25, 0.3) is 0 Å². The van der Waals surface area contributed by atoms with Gasteiger partial charge in [-0.1, -0.05) is 12.1 Å². The lowest BCUT2D eigenvalue weighted by atomic mass is 10.1. The molecule has 0 fully saturated rings. The Morgan fingerprint density at radius 1 is 1.33 bits per heavy atom. The van der Waals surface area contributed by atoms with Crippen molar-refractivity contribution in [3.05, 3.63) is 53.3 Å². The third kappa shape index (κ3) is 2.97. The number of aryl methyl sites for hydroxylation is 2. The standard InChI is InChI=1S/C16H18N4S/c1-11(15-10-20(3)19-12(15)2)18-14-6-4-5-13(9-14)16-17-7-8-21-16/h4-11,18H,1-3H3. The third-order valence-corrected chi connectivity index (χ3v) is 4.27. The van der Waals surface area contributed by atoms with Crippen molar-refractivity contribution in [2.24, 2.45) is 7.05 Å². The zero-order valence-corrected chi connectivity index (χ0v) is 13.2. The minimum atomic E-state index is 0.213. The highest BCUT2D eigenvalue weighted by molar-refractivity contribution is 7.13. The molecular weight excluding hydrogens is 280 g/mol. The number of hydrogen-bond donors (Lipinski definition) is 1. The van der Waals surface area contributed by atoms with Crippen LogP contribution in [0.25, 0.3) is 10.6 Å². The lowest BCUT2D eigenvalue weighted by Gasteiger charge is -2.15. The highest BCUT2D eigenvalue weighted by atomic mass is 32.1. The van der Waals surface area contributed by atoms with Crippen LogP contribution in [0.15, 0.2) is 42.0 Å². The molecule has 0 amide bonds. The molecule has 0 spiro atoms. The van der Waals surface area contributed by atoms with Gasteiger partial charge in [-0.2, -0.15) is 5.10 Å². The fourth-order valence-electron chi connectivity index (χ4n) is 2.48. The van der Waals surface area contributed by atoms with Crippen molar-refractivity contribution >= 4 is 17.0 Å². The first-order valence-corrected chi connectivity index (χ1v) is 7.78. The zero-order chi connectivity index (χ0) is 14.8. The van der Waals surface area contributed by atoms with Gasteiger partial charge < -0.3 is 5.32 Å². The minimum Gasteiger partial charge on any atom is -0.378 e. The SMILES string of the molecule is Cc1nn(C)cc1C(C)Nc1cccc(-c2nccs2)c1. The molecule has 0 bridgehead atoms. The van der Waals surface area contributed by atoms with E-state index in [4.69, 9.17) is 0 Å². The van der Waals surface area contributed by atoms with Gasteiger partial charge in [-0.25, -0.2) is 4.98 Å². The first-order chi connectivity index (χ1) is 10.1. The van der Waals surface area contributed by atoms with Gasteiger partial charge in [0.2, 0.25) is 0 Å². The summed E-state index contributed by atoms with van der Waals surface area (Å²) in [7, 11) is 1.95.